The molecule has 31 heteroatoms. The summed E-state index contributed by atoms with van der Waals surface area (Å²) >= 11 is 1.80. The first-order chi connectivity index (χ1) is 33.6. The summed E-state index contributed by atoms with van der Waals surface area (Å²) in [7, 11) is 0. The van der Waals surface area contributed by atoms with Gasteiger partial charge in [0.2, 0.25) is 0 Å². The van der Waals surface area contributed by atoms with E-state index in [1.54, 1.807) is 10.6 Å². The molecule has 2 aliphatic rings. The number of carbonyl (C=O) groups is 3. The Balaban J connectivity index is 0.000000289. The van der Waals surface area contributed by atoms with Gasteiger partial charge in [0.05, 0.1) is 45.0 Å². The molecule has 0 heterocycles. The zero-order valence-electron chi connectivity index (χ0n) is 36.1. The van der Waals surface area contributed by atoms with Gasteiger partial charge in [-0.15, -0.1) is 0 Å². The average molecular weight is 1320 g/mol. The van der Waals surface area contributed by atoms with Crippen molar-refractivity contribution in [1.29, 1.82) is 0 Å². The van der Waals surface area contributed by atoms with Crippen LogP contribution in [-0.4, -0.2) is 49.4 Å². The molecular weight excluding hydrogens is 1290 g/mol. The minimum absolute atomic E-state index is 0.115. The second-order valence-corrected chi connectivity index (χ2v) is 18.3. The lowest BCUT2D eigenvalue weighted by molar-refractivity contribution is -0.349. The van der Waals surface area contributed by atoms with Crippen molar-refractivity contribution in [3.63, 3.8) is 0 Å². The van der Waals surface area contributed by atoms with Crippen LogP contribution in [0.2, 0.25) is 0 Å². The van der Waals surface area contributed by atoms with Gasteiger partial charge in [0.1, 0.15) is 6.29 Å². The molecule has 0 aromatic heterocycles. The van der Waals surface area contributed by atoms with Crippen LogP contribution >= 0.6 is 45.2 Å². The maximum absolute atomic E-state index is 14.8. The fourth-order valence-electron chi connectivity index (χ4n) is 6.29. The lowest BCUT2D eigenvalue weighted by Gasteiger charge is -2.31. The first-order valence-corrected chi connectivity index (χ1v) is 22.4. The van der Waals surface area contributed by atoms with E-state index in [0.29, 0.717) is 12.5 Å². The van der Waals surface area contributed by atoms with Gasteiger partial charge < -0.3 is 26.5 Å². The minimum atomic E-state index is -6.66. The van der Waals surface area contributed by atoms with Crippen LogP contribution in [-0.2, 0) is 28.5 Å². The summed E-state index contributed by atoms with van der Waals surface area (Å²) in [5.74, 6) is -4.38. The highest BCUT2D eigenvalue weighted by Crippen LogP contribution is 2.56. The Morgan fingerprint density at radius 2 is 0.919 bits per heavy atom. The molecule has 2 saturated carbocycles. The van der Waals surface area contributed by atoms with Crippen LogP contribution in [0.15, 0.2) is 60.7 Å². The molecule has 0 spiro atoms. The van der Waals surface area contributed by atoms with Crippen molar-refractivity contribution in [2.75, 3.05) is 28.2 Å². The average Bonchev–Trinajstić information content (AvgIpc) is 4.20. The zero-order chi connectivity index (χ0) is 56.5. The maximum atomic E-state index is 14.8. The normalized spacial score (nSPS) is 14.8. The van der Waals surface area contributed by atoms with Gasteiger partial charge in [-0.2, -0.15) is 79.0 Å². The SMILES string of the molecule is Nc1cccc(C(=O)Nc2c(I)cc(C(F)(C(F)(F)F)C(F)(F)F)cc2C(F)(F)F)c1F.O=C(Nc1c(I)cc(C(F)(C(F)(F)F)C(F)(F)F)cc1C(F)(F)F)c1cccc(NCC2CC2)c1F.O=CCC1CC1. The maximum Gasteiger partial charge on any atom is 0.435 e. The number of aldehydes is 1. The number of carbonyl (C=O) groups excluding carboxylic acids is 3. The lowest BCUT2D eigenvalue weighted by Crippen LogP contribution is -2.50. The molecule has 408 valence electrons. The number of nitrogens with one attached hydrogen (secondary N) is 3. The van der Waals surface area contributed by atoms with E-state index in [1.807, 2.05) is 0 Å². The van der Waals surface area contributed by atoms with Crippen LogP contribution in [0.25, 0.3) is 0 Å². The molecule has 0 radical (unpaired) electrons. The van der Waals surface area contributed by atoms with E-state index < -0.39 is 142 Å². The van der Waals surface area contributed by atoms with Crippen molar-refractivity contribution in [1.82, 2.24) is 0 Å². The zero-order valence-corrected chi connectivity index (χ0v) is 40.4. The summed E-state index contributed by atoms with van der Waals surface area (Å²) < 4.78 is 293. The van der Waals surface area contributed by atoms with Gasteiger partial charge in [-0.25, -0.2) is 17.6 Å². The Labute approximate surface area is 428 Å². The molecule has 0 bridgehead atoms. The Hall–Kier alpha value is -4.99. The van der Waals surface area contributed by atoms with E-state index in [-0.39, 0.29) is 17.8 Å². The highest BCUT2D eigenvalue weighted by molar-refractivity contribution is 14.1. The molecule has 4 aromatic carbocycles. The monoisotopic (exact) mass is 1320 g/mol. The van der Waals surface area contributed by atoms with Gasteiger partial charge in [-0.1, -0.05) is 12.1 Å². The summed E-state index contributed by atoms with van der Waals surface area (Å²) in [6.07, 6.45) is -31.7. The number of benzene rings is 4. The van der Waals surface area contributed by atoms with Crippen molar-refractivity contribution < 1.29 is 111 Å². The molecule has 4 aromatic rings. The number of hydrogen-bond donors (Lipinski definition) is 4. The summed E-state index contributed by atoms with van der Waals surface area (Å²) in [4.78, 5) is 34.4. The smallest absolute Gasteiger partial charge is 0.396 e. The molecule has 74 heavy (non-hydrogen) atoms. The molecule has 2 amide bonds. The van der Waals surface area contributed by atoms with E-state index >= 15 is 0 Å². The van der Waals surface area contributed by atoms with Crippen LogP contribution < -0.4 is 21.7 Å². The molecule has 0 aliphatic heterocycles. The predicted octanol–water partition coefficient (Wildman–Crippen LogP) is 15.4. The van der Waals surface area contributed by atoms with Gasteiger partial charge in [0.25, 0.3) is 11.8 Å². The predicted molar refractivity (Wildman–Crippen MR) is 236 cm³/mol. The van der Waals surface area contributed by atoms with Crippen LogP contribution in [0.4, 0.5) is 119 Å². The van der Waals surface area contributed by atoms with E-state index in [0.717, 1.165) is 101 Å². The van der Waals surface area contributed by atoms with Gasteiger partial charge in [-0.3, -0.25) is 9.59 Å². The van der Waals surface area contributed by atoms with E-state index in [1.165, 1.54) is 25.0 Å². The van der Waals surface area contributed by atoms with Gasteiger partial charge >= 0.3 is 48.4 Å². The number of nitrogens with two attached hydrogens (primary N) is 1. The number of amides is 2. The Bertz CT molecular complexity index is 2680. The molecule has 5 N–H and O–H groups in total. The van der Waals surface area contributed by atoms with Crippen molar-refractivity contribution in [2.45, 2.75) is 80.5 Å². The molecule has 0 saturated heterocycles. The number of halogens is 24. The van der Waals surface area contributed by atoms with Crippen molar-refractivity contribution in [3.05, 3.63) is 113 Å². The van der Waals surface area contributed by atoms with Crippen LogP contribution in [0.5, 0.6) is 0 Å². The fourth-order valence-corrected chi connectivity index (χ4v) is 7.81. The Kier molecular flexibility index (Phi) is 18.6. The molecule has 2 aliphatic carbocycles. The third-order valence-corrected chi connectivity index (χ3v) is 12.2. The highest BCUT2D eigenvalue weighted by Gasteiger charge is 2.75. The summed E-state index contributed by atoms with van der Waals surface area (Å²) in [6.45, 7) is 0.378. The summed E-state index contributed by atoms with van der Waals surface area (Å²) in [5, 5.41) is 6.00. The van der Waals surface area contributed by atoms with E-state index in [9.17, 15) is 111 Å². The van der Waals surface area contributed by atoms with Crippen LogP contribution in [0.3, 0.4) is 0 Å². The first-order valence-electron chi connectivity index (χ1n) is 20.2. The standard InChI is InChI=1S/C21H14F11IN2O.C17H8F11IN2O.C5H8O/c22-15-11(2-1-3-14(15)34-8-9-4-5-9)17(36)35-16-12(19(24,25)26)6-10(7-13(16)33)18(23,20(27,28)29)21(30,31)32;18-11-7(2-1-3-10(11)30)13(32)31-12-8(15(20,21)22)4-6(5-9(12)29)14(19,16(23,24)25)17(26,27)28;6-4-3-5-1-2-5/h1-3,6-7,9,34H,4-5,8H2,(H,35,36);1-5H,30H2,(H,31,32);4-5H,1-3H2. The third-order valence-electron chi connectivity index (χ3n) is 10.5. The van der Waals surface area contributed by atoms with Gasteiger partial charge in [0.15, 0.2) is 11.6 Å². The van der Waals surface area contributed by atoms with Crippen LogP contribution in [0, 0.1) is 30.6 Å². The van der Waals surface area contributed by atoms with Gasteiger partial charge in [-0.05, 0) is 131 Å². The van der Waals surface area contributed by atoms with Crippen LogP contribution in [0.1, 0.15) is 75.1 Å². The Morgan fingerprint density at radius 1 is 0.554 bits per heavy atom. The van der Waals surface area contributed by atoms with Crippen molar-refractivity contribution in [3.8, 4) is 0 Å². The van der Waals surface area contributed by atoms with E-state index in [2.05, 4.69) is 5.32 Å². The number of hydrogen-bond acceptors (Lipinski definition) is 5. The second kappa shape index (κ2) is 22.3. The molecule has 7 nitrogen and oxygen atoms in total. The largest absolute Gasteiger partial charge is 0.435 e. The summed E-state index contributed by atoms with van der Waals surface area (Å²) in [5.41, 5.74) is -21.1. The van der Waals surface area contributed by atoms with Crippen molar-refractivity contribution >= 4 is 86.0 Å². The lowest BCUT2D eigenvalue weighted by atomic mass is 9.92. The molecule has 6 rings (SSSR count). The van der Waals surface area contributed by atoms with Gasteiger partial charge in [0, 0.05) is 31.2 Å². The Morgan fingerprint density at radius 3 is 1.24 bits per heavy atom. The number of alkyl halides is 20. The molecular formula is C43H30F22I2N4O3. The first kappa shape index (κ1) is 61.6. The second-order valence-electron chi connectivity index (χ2n) is 16.0. The molecule has 2 fully saturated rings. The molecule has 0 atom stereocenters. The molecule has 0 unspecified atom stereocenters. The number of nitrogen functional groups attached to an aromatic ring is 1. The highest BCUT2D eigenvalue weighted by atomic mass is 127. The number of rotatable bonds is 11. The summed E-state index contributed by atoms with van der Waals surface area (Å²) in [6, 6.07) is 4.64. The quantitative estimate of drug-likeness (QED) is 0.0517. The minimum Gasteiger partial charge on any atom is -0.396 e. The van der Waals surface area contributed by atoms with E-state index in [4.69, 9.17) is 5.73 Å². The topological polar surface area (TPSA) is 113 Å². The number of anilines is 4. The fraction of sp³-hybridized carbons (Fsp3) is 0.372. The van der Waals surface area contributed by atoms with Crippen molar-refractivity contribution in [2.24, 2.45) is 11.8 Å². The third kappa shape index (κ3) is 13.9.